The average Bonchev–Trinajstić information content (AvgIpc) is 3.06. The average molecular weight is 313 g/mol. The molecular weight excluding hydrogens is 295 g/mol. The lowest BCUT2D eigenvalue weighted by atomic mass is 10.1. The van der Waals surface area contributed by atoms with E-state index in [1.54, 1.807) is 24.3 Å². The van der Waals surface area contributed by atoms with Crippen molar-refractivity contribution in [2.24, 2.45) is 10.9 Å². The third kappa shape index (κ3) is 3.25. The van der Waals surface area contributed by atoms with Gasteiger partial charge in [-0.3, -0.25) is 0 Å². The molecule has 2 unspecified atom stereocenters. The molecule has 3 rings (SSSR count). The number of rotatable bonds is 3. The van der Waals surface area contributed by atoms with Crippen LogP contribution in [0.4, 0.5) is 13.2 Å². The largest absolute Gasteiger partial charge is 0.470 e. The first-order valence-corrected chi connectivity index (χ1v) is 7.26. The first-order valence-electron chi connectivity index (χ1n) is 7.26. The summed E-state index contributed by atoms with van der Waals surface area (Å²) in [5.74, 6) is -0.869. The molecule has 1 aromatic rings. The lowest BCUT2D eigenvalue weighted by Crippen LogP contribution is -2.33. The molecule has 0 aromatic heterocycles. The predicted octanol–water partition coefficient (Wildman–Crippen LogP) is 2.84. The fourth-order valence-corrected chi connectivity index (χ4v) is 2.92. The third-order valence-electron chi connectivity index (χ3n) is 3.98. The highest BCUT2D eigenvalue weighted by atomic mass is 19.4. The molecule has 0 spiro atoms. The maximum absolute atomic E-state index is 12.9. The van der Waals surface area contributed by atoms with Crippen LogP contribution in [-0.2, 0) is 4.84 Å². The molecule has 0 N–H and O–H groups in total. The van der Waals surface area contributed by atoms with E-state index < -0.39 is 18.2 Å². The molecule has 2 aliphatic rings. The lowest BCUT2D eigenvalue weighted by molar-refractivity contribution is -0.139. The van der Waals surface area contributed by atoms with Crippen LogP contribution in [0.1, 0.15) is 18.2 Å². The van der Waals surface area contributed by atoms with Crippen molar-refractivity contribution in [2.75, 3.05) is 26.7 Å². The zero-order valence-corrected chi connectivity index (χ0v) is 12.3. The number of likely N-dealkylation sites (tertiary alicyclic amines) is 1. The van der Waals surface area contributed by atoms with Crippen molar-refractivity contribution in [3.63, 3.8) is 0 Å². The van der Waals surface area contributed by atoms with Crippen LogP contribution in [0.5, 0.6) is 0 Å². The second-order valence-electron chi connectivity index (χ2n) is 5.82. The van der Waals surface area contributed by atoms with Crippen molar-refractivity contribution in [3.8, 4) is 0 Å². The van der Waals surface area contributed by atoms with Crippen LogP contribution in [-0.4, -0.2) is 48.7 Å². The van der Waals surface area contributed by atoms with Gasteiger partial charge in [-0.05, 0) is 31.5 Å². The van der Waals surface area contributed by atoms with E-state index in [1.807, 2.05) is 13.1 Å². The SMILES string of the molecule is CN1CCC(CN2OC(C(F)(F)F)=NC2c2ccccc2)C1. The van der Waals surface area contributed by atoms with E-state index >= 15 is 0 Å². The zero-order valence-electron chi connectivity index (χ0n) is 12.3. The normalized spacial score (nSPS) is 27.0. The van der Waals surface area contributed by atoms with Gasteiger partial charge in [0.05, 0.1) is 0 Å². The summed E-state index contributed by atoms with van der Waals surface area (Å²) >= 11 is 0. The summed E-state index contributed by atoms with van der Waals surface area (Å²) in [6.45, 7) is 2.26. The Labute approximate surface area is 127 Å². The predicted molar refractivity (Wildman–Crippen MR) is 76.1 cm³/mol. The number of hydrogen-bond donors (Lipinski definition) is 0. The molecule has 22 heavy (non-hydrogen) atoms. The molecule has 120 valence electrons. The molecule has 0 saturated carbocycles. The highest BCUT2D eigenvalue weighted by Crippen LogP contribution is 2.34. The lowest BCUT2D eigenvalue weighted by Gasteiger charge is -2.24. The van der Waals surface area contributed by atoms with Crippen LogP contribution in [0.25, 0.3) is 0 Å². The van der Waals surface area contributed by atoms with Crippen molar-refractivity contribution in [3.05, 3.63) is 35.9 Å². The Morgan fingerprint density at radius 1 is 1.27 bits per heavy atom. The number of benzene rings is 1. The van der Waals surface area contributed by atoms with Gasteiger partial charge in [0.1, 0.15) is 0 Å². The molecule has 7 heteroatoms. The molecule has 2 heterocycles. The summed E-state index contributed by atoms with van der Waals surface area (Å²) in [6, 6.07) is 8.94. The van der Waals surface area contributed by atoms with Gasteiger partial charge >= 0.3 is 12.1 Å². The van der Waals surface area contributed by atoms with Gasteiger partial charge in [0, 0.05) is 13.1 Å². The van der Waals surface area contributed by atoms with E-state index in [0.29, 0.717) is 18.0 Å². The van der Waals surface area contributed by atoms with Crippen LogP contribution in [0.15, 0.2) is 35.3 Å². The number of nitrogens with zero attached hydrogens (tertiary/aromatic N) is 3. The summed E-state index contributed by atoms with van der Waals surface area (Å²) in [6.07, 6.45) is -4.34. The molecule has 0 amide bonds. The molecule has 1 aromatic carbocycles. The number of halogens is 3. The van der Waals surface area contributed by atoms with Crippen molar-refractivity contribution >= 4 is 5.90 Å². The van der Waals surface area contributed by atoms with Gasteiger partial charge in [0.2, 0.25) is 0 Å². The molecule has 0 radical (unpaired) electrons. The van der Waals surface area contributed by atoms with Crippen molar-refractivity contribution in [2.45, 2.75) is 18.8 Å². The minimum Gasteiger partial charge on any atom is -0.378 e. The van der Waals surface area contributed by atoms with E-state index in [1.165, 1.54) is 5.06 Å². The Kier molecular flexibility index (Phi) is 4.10. The van der Waals surface area contributed by atoms with Crippen LogP contribution in [0.2, 0.25) is 0 Å². The Hall–Kier alpha value is -1.60. The first kappa shape index (κ1) is 15.3. The van der Waals surface area contributed by atoms with Crippen molar-refractivity contribution in [1.82, 2.24) is 9.96 Å². The van der Waals surface area contributed by atoms with Gasteiger partial charge < -0.3 is 9.74 Å². The Balaban J connectivity index is 1.79. The minimum atomic E-state index is -4.56. The molecule has 1 fully saturated rings. The summed E-state index contributed by atoms with van der Waals surface area (Å²) in [7, 11) is 2.01. The fraction of sp³-hybridized carbons (Fsp3) is 0.533. The smallest absolute Gasteiger partial charge is 0.378 e. The molecule has 0 aliphatic carbocycles. The van der Waals surface area contributed by atoms with Gasteiger partial charge in [-0.2, -0.15) is 13.2 Å². The number of aliphatic imine (C=N–C) groups is 1. The van der Waals surface area contributed by atoms with E-state index in [-0.39, 0.29) is 0 Å². The van der Waals surface area contributed by atoms with Crippen LogP contribution in [0.3, 0.4) is 0 Å². The first-order chi connectivity index (χ1) is 10.4. The Bertz CT molecular complexity index is 547. The van der Waals surface area contributed by atoms with Crippen molar-refractivity contribution in [1.29, 1.82) is 0 Å². The topological polar surface area (TPSA) is 28.1 Å². The summed E-state index contributed by atoms with van der Waals surface area (Å²) < 4.78 is 38.7. The molecule has 2 aliphatic heterocycles. The van der Waals surface area contributed by atoms with Gasteiger partial charge in [-0.15, -0.1) is 5.06 Å². The minimum absolute atomic E-state index is 0.291. The number of alkyl halides is 3. The maximum atomic E-state index is 12.9. The van der Waals surface area contributed by atoms with Gasteiger partial charge in [-0.25, -0.2) is 4.99 Å². The third-order valence-corrected chi connectivity index (χ3v) is 3.98. The number of hydroxylamine groups is 2. The molecule has 4 nitrogen and oxygen atoms in total. The Morgan fingerprint density at radius 2 is 2.00 bits per heavy atom. The Morgan fingerprint density at radius 3 is 2.59 bits per heavy atom. The van der Waals surface area contributed by atoms with Crippen LogP contribution in [0, 0.1) is 5.92 Å². The molecule has 1 saturated heterocycles. The number of hydrogen-bond acceptors (Lipinski definition) is 4. The maximum Gasteiger partial charge on any atom is 0.470 e. The van der Waals surface area contributed by atoms with Gasteiger partial charge in [0.15, 0.2) is 6.17 Å². The van der Waals surface area contributed by atoms with E-state index in [4.69, 9.17) is 4.84 Å². The summed E-state index contributed by atoms with van der Waals surface area (Å²) in [5.41, 5.74) is 0.702. The van der Waals surface area contributed by atoms with E-state index in [2.05, 4.69) is 9.89 Å². The summed E-state index contributed by atoms with van der Waals surface area (Å²) in [4.78, 5) is 11.0. The second-order valence-corrected chi connectivity index (χ2v) is 5.82. The highest BCUT2D eigenvalue weighted by Gasteiger charge is 2.46. The van der Waals surface area contributed by atoms with Crippen molar-refractivity contribution < 1.29 is 18.0 Å². The fourth-order valence-electron chi connectivity index (χ4n) is 2.92. The van der Waals surface area contributed by atoms with E-state index in [0.717, 1.165) is 19.5 Å². The zero-order chi connectivity index (χ0) is 15.7. The van der Waals surface area contributed by atoms with E-state index in [9.17, 15) is 13.2 Å². The highest BCUT2D eigenvalue weighted by molar-refractivity contribution is 5.82. The molecule has 2 atom stereocenters. The standard InChI is InChI=1S/C15H18F3N3O/c1-20-8-7-11(9-20)10-21-13(12-5-3-2-4-6-12)19-14(22-21)15(16,17)18/h2-6,11,13H,7-10H2,1H3. The van der Waals surface area contributed by atoms with Crippen LogP contribution < -0.4 is 0 Å². The summed E-state index contributed by atoms with van der Waals surface area (Å²) in [5, 5.41) is 1.36. The monoisotopic (exact) mass is 313 g/mol. The molecule has 0 bridgehead atoms. The molecular formula is C15H18F3N3O. The van der Waals surface area contributed by atoms with Gasteiger partial charge in [0.25, 0.3) is 0 Å². The van der Waals surface area contributed by atoms with Gasteiger partial charge in [-0.1, -0.05) is 30.3 Å². The quantitative estimate of drug-likeness (QED) is 0.859. The van der Waals surface area contributed by atoms with Crippen LogP contribution >= 0.6 is 0 Å². The second kappa shape index (κ2) is 5.89.